The highest BCUT2D eigenvalue weighted by Gasteiger charge is 2.18. The summed E-state index contributed by atoms with van der Waals surface area (Å²) in [4.78, 5) is 0. The number of nitrogens with two attached hydrogens (primary N) is 1. The van der Waals surface area contributed by atoms with E-state index < -0.39 is 5.54 Å². The Morgan fingerprint density at radius 2 is 2.17 bits per heavy atom. The molecule has 1 rings (SSSR count). The zero-order valence-corrected chi connectivity index (χ0v) is 7.76. The fourth-order valence-electron chi connectivity index (χ4n) is 0.944. The van der Waals surface area contributed by atoms with Crippen LogP contribution in [0.5, 0.6) is 0 Å². The van der Waals surface area contributed by atoms with Gasteiger partial charge in [0, 0.05) is 7.11 Å². The molecule has 2 N–H and O–H groups in total. The smallest absolute Gasteiger partial charge is 0.129 e. The van der Waals surface area contributed by atoms with Crippen molar-refractivity contribution in [1.29, 1.82) is 0 Å². The van der Waals surface area contributed by atoms with E-state index in [-0.39, 0.29) is 0 Å². The van der Waals surface area contributed by atoms with Gasteiger partial charge in [-0.1, -0.05) is 0 Å². The first-order valence-electron chi connectivity index (χ1n) is 3.91. The molecule has 0 bridgehead atoms. The Balaban J connectivity index is 2.77. The molecule has 0 aliphatic carbocycles. The van der Waals surface area contributed by atoms with Gasteiger partial charge in [0.2, 0.25) is 0 Å². The largest absolute Gasteiger partial charge is 0.462 e. The zero-order chi connectivity index (χ0) is 9.19. The molecule has 0 saturated heterocycles. The molecule has 68 valence electrons. The van der Waals surface area contributed by atoms with Crippen LogP contribution in [0.4, 0.5) is 0 Å². The van der Waals surface area contributed by atoms with Crippen molar-refractivity contribution in [3.63, 3.8) is 0 Å². The van der Waals surface area contributed by atoms with Crippen LogP contribution in [0.3, 0.4) is 0 Å². The fraction of sp³-hybridized carbons (Fsp3) is 0.556. The van der Waals surface area contributed by atoms with E-state index in [0.29, 0.717) is 6.61 Å². The molecule has 3 nitrogen and oxygen atoms in total. The van der Waals surface area contributed by atoms with Crippen LogP contribution in [-0.2, 0) is 16.9 Å². The summed E-state index contributed by atoms with van der Waals surface area (Å²) in [6.45, 7) is 4.31. The van der Waals surface area contributed by atoms with Gasteiger partial charge in [-0.2, -0.15) is 0 Å². The standard InChI is InChI=1S/C9H15NO2/c1-9(2,10)8-5-4-7(12-8)6-11-3/h4-5H,6,10H2,1-3H3. The van der Waals surface area contributed by atoms with Gasteiger partial charge >= 0.3 is 0 Å². The van der Waals surface area contributed by atoms with E-state index in [0.717, 1.165) is 11.5 Å². The van der Waals surface area contributed by atoms with E-state index >= 15 is 0 Å². The molecule has 0 aromatic carbocycles. The highest BCUT2D eigenvalue weighted by Crippen LogP contribution is 2.19. The minimum Gasteiger partial charge on any atom is -0.462 e. The van der Waals surface area contributed by atoms with Crippen LogP contribution < -0.4 is 5.73 Å². The molecule has 12 heavy (non-hydrogen) atoms. The summed E-state index contributed by atoms with van der Waals surface area (Å²) in [7, 11) is 1.63. The van der Waals surface area contributed by atoms with Crippen LogP contribution in [0.15, 0.2) is 16.5 Å². The lowest BCUT2D eigenvalue weighted by molar-refractivity contribution is 0.160. The molecule has 0 spiro atoms. The molecule has 0 fully saturated rings. The van der Waals surface area contributed by atoms with E-state index in [2.05, 4.69) is 0 Å². The molecule has 1 aromatic heterocycles. The van der Waals surface area contributed by atoms with Gasteiger partial charge in [-0.25, -0.2) is 0 Å². The number of ether oxygens (including phenoxy) is 1. The minimum absolute atomic E-state index is 0.411. The van der Waals surface area contributed by atoms with Crippen LogP contribution in [0.1, 0.15) is 25.4 Å². The van der Waals surface area contributed by atoms with Gasteiger partial charge in [0.05, 0.1) is 5.54 Å². The van der Waals surface area contributed by atoms with E-state index in [1.807, 2.05) is 26.0 Å². The first-order chi connectivity index (χ1) is 5.54. The van der Waals surface area contributed by atoms with Gasteiger partial charge in [0.25, 0.3) is 0 Å². The number of rotatable bonds is 3. The lowest BCUT2D eigenvalue weighted by Gasteiger charge is -2.14. The van der Waals surface area contributed by atoms with Crippen molar-refractivity contribution < 1.29 is 9.15 Å². The summed E-state index contributed by atoms with van der Waals surface area (Å²) in [6.07, 6.45) is 0. The van der Waals surface area contributed by atoms with E-state index in [9.17, 15) is 0 Å². The predicted octanol–water partition coefficient (Wildman–Crippen LogP) is 1.62. The third-order valence-corrected chi connectivity index (χ3v) is 1.58. The highest BCUT2D eigenvalue weighted by atomic mass is 16.5. The Morgan fingerprint density at radius 3 is 2.58 bits per heavy atom. The topological polar surface area (TPSA) is 48.4 Å². The predicted molar refractivity (Wildman–Crippen MR) is 46.6 cm³/mol. The fourth-order valence-corrected chi connectivity index (χ4v) is 0.944. The van der Waals surface area contributed by atoms with E-state index in [4.69, 9.17) is 14.9 Å². The SMILES string of the molecule is COCc1ccc(C(C)(C)N)o1. The molecule has 0 amide bonds. The van der Waals surface area contributed by atoms with E-state index in [1.165, 1.54) is 0 Å². The van der Waals surface area contributed by atoms with Crippen LogP contribution in [0, 0.1) is 0 Å². The molecule has 0 aliphatic heterocycles. The van der Waals surface area contributed by atoms with Crippen molar-refractivity contribution in [1.82, 2.24) is 0 Å². The number of hydrogen-bond donors (Lipinski definition) is 1. The number of furan rings is 1. The molecular formula is C9H15NO2. The maximum absolute atomic E-state index is 5.83. The van der Waals surface area contributed by atoms with Crippen molar-refractivity contribution in [3.05, 3.63) is 23.7 Å². The lowest BCUT2D eigenvalue weighted by atomic mass is 10.0. The summed E-state index contributed by atoms with van der Waals surface area (Å²) in [5.41, 5.74) is 5.42. The molecule has 0 aliphatic rings. The monoisotopic (exact) mass is 169 g/mol. The maximum Gasteiger partial charge on any atom is 0.129 e. The van der Waals surface area contributed by atoms with Crippen LogP contribution in [-0.4, -0.2) is 7.11 Å². The minimum atomic E-state index is -0.411. The first-order valence-corrected chi connectivity index (χ1v) is 3.91. The Bertz CT molecular complexity index is 247. The number of hydrogen-bond acceptors (Lipinski definition) is 3. The molecule has 0 atom stereocenters. The van der Waals surface area contributed by atoms with Crippen molar-refractivity contribution >= 4 is 0 Å². The second-order valence-electron chi connectivity index (χ2n) is 3.42. The molecule has 0 radical (unpaired) electrons. The van der Waals surface area contributed by atoms with Gasteiger partial charge < -0.3 is 14.9 Å². The summed E-state index contributed by atoms with van der Waals surface area (Å²) in [6, 6.07) is 3.77. The van der Waals surface area contributed by atoms with E-state index in [1.54, 1.807) is 7.11 Å². The molecule has 0 unspecified atom stereocenters. The third kappa shape index (κ3) is 2.09. The average Bonchev–Trinajstić information content (AvgIpc) is 2.35. The van der Waals surface area contributed by atoms with Gasteiger partial charge in [0.15, 0.2) is 0 Å². The van der Waals surface area contributed by atoms with Gasteiger partial charge in [-0.3, -0.25) is 0 Å². The Labute approximate surface area is 72.5 Å². The summed E-state index contributed by atoms with van der Waals surface area (Å²) >= 11 is 0. The van der Waals surface area contributed by atoms with Crippen molar-refractivity contribution in [2.45, 2.75) is 26.0 Å². The molecule has 3 heteroatoms. The highest BCUT2D eigenvalue weighted by molar-refractivity contribution is 5.13. The van der Waals surface area contributed by atoms with Crippen molar-refractivity contribution in [3.8, 4) is 0 Å². The molecule has 1 heterocycles. The summed E-state index contributed by atoms with van der Waals surface area (Å²) in [5, 5.41) is 0. The van der Waals surface area contributed by atoms with Crippen LogP contribution in [0.25, 0.3) is 0 Å². The van der Waals surface area contributed by atoms with Crippen molar-refractivity contribution in [2.75, 3.05) is 7.11 Å². The van der Waals surface area contributed by atoms with Crippen molar-refractivity contribution in [2.24, 2.45) is 5.73 Å². The van der Waals surface area contributed by atoms with Crippen LogP contribution >= 0.6 is 0 Å². The quantitative estimate of drug-likeness (QED) is 0.748. The average molecular weight is 169 g/mol. The molecule has 1 aromatic rings. The lowest BCUT2D eigenvalue weighted by Crippen LogP contribution is -2.27. The second-order valence-corrected chi connectivity index (χ2v) is 3.42. The Morgan fingerprint density at radius 1 is 1.50 bits per heavy atom. The third-order valence-electron chi connectivity index (χ3n) is 1.58. The molecular weight excluding hydrogens is 154 g/mol. The molecule has 0 saturated carbocycles. The Hall–Kier alpha value is -0.800. The Kier molecular flexibility index (Phi) is 2.55. The maximum atomic E-state index is 5.83. The summed E-state index contributed by atoms with van der Waals surface area (Å²) < 4.78 is 10.4. The first kappa shape index (κ1) is 9.29. The second kappa shape index (κ2) is 3.29. The summed E-state index contributed by atoms with van der Waals surface area (Å²) in [5.74, 6) is 1.60. The van der Waals surface area contributed by atoms with Gasteiger partial charge in [0.1, 0.15) is 18.1 Å². The van der Waals surface area contributed by atoms with Crippen LogP contribution in [0.2, 0.25) is 0 Å². The number of methoxy groups -OCH3 is 1. The normalized spacial score (nSPS) is 12.0. The van der Waals surface area contributed by atoms with Gasteiger partial charge in [-0.05, 0) is 26.0 Å². The zero-order valence-electron chi connectivity index (χ0n) is 7.76. The van der Waals surface area contributed by atoms with Gasteiger partial charge in [-0.15, -0.1) is 0 Å².